The minimum atomic E-state index is -0.100. The highest BCUT2D eigenvalue weighted by Crippen LogP contribution is 2.51. The highest BCUT2D eigenvalue weighted by molar-refractivity contribution is 6.29. The van der Waals surface area contributed by atoms with Gasteiger partial charge in [-0.3, -0.25) is 0 Å². The summed E-state index contributed by atoms with van der Waals surface area (Å²) in [5, 5.41) is 12.8. The maximum absolute atomic E-state index is 2.48. The SMILES string of the molecule is CCn1c2ccccc2c2cc3c4ccc(N(c5ccc6c(c5)C(C)(C)c5ccccc5-6)c5cccc6ccccc56)cc4c4ccccc4c3cc21. The maximum atomic E-state index is 2.48. The van der Waals surface area contributed by atoms with Crippen molar-refractivity contribution >= 4 is 82.0 Å². The average Bonchev–Trinajstić information content (AvgIpc) is 3.64. The molecule has 2 nitrogen and oxygen atoms in total. The molecule has 0 bridgehead atoms. The van der Waals surface area contributed by atoms with Crippen LogP contribution < -0.4 is 4.90 Å². The minimum absolute atomic E-state index is 0.100. The van der Waals surface area contributed by atoms with E-state index in [4.69, 9.17) is 0 Å². The van der Waals surface area contributed by atoms with Crippen molar-refractivity contribution < 1.29 is 0 Å². The Morgan fingerprint density at radius 1 is 0.434 bits per heavy atom. The third kappa shape index (κ3) is 4.21. The predicted octanol–water partition coefficient (Wildman–Crippen LogP) is 14.2. The topological polar surface area (TPSA) is 8.17 Å². The Hall–Kier alpha value is -6.38. The summed E-state index contributed by atoms with van der Waals surface area (Å²) in [6.07, 6.45) is 0. The third-order valence-corrected chi connectivity index (χ3v) is 12.1. The Balaban J connectivity index is 1.20. The maximum Gasteiger partial charge on any atom is 0.0540 e. The molecule has 0 amide bonds. The van der Waals surface area contributed by atoms with Gasteiger partial charge in [0.2, 0.25) is 0 Å². The van der Waals surface area contributed by atoms with E-state index in [0.717, 1.165) is 12.2 Å². The molecule has 11 rings (SSSR count). The van der Waals surface area contributed by atoms with Gasteiger partial charge in [-0.15, -0.1) is 0 Å². The lowest BCUT2D eigenvalue weighted by Gasteiger charge is -2.29. The predicted molar refractivity (Wildman–Crippen MR) is 227 cm³/mol. The molecule has 0 radical (unpaired) electrons. The van der Waals surface area contributed by atoms with Gasteiger partial charge in [0.25, 0.3) is 0 Å². The van der Waals surface area contributed by atoms with E-state index in [9.17, 15) is 0 Å². The molecule has 9 aromatic carbocycles. The lowest BCUT2D eigenvalue weighted by atomic mass is 9.82. The Morgan fingerprint density at radius 3 is 1.87 bits per heavy atom. The van der Waals surface area contributed by atoms with Gasteiger partial charge in [0.15, 0.2) is 0 Å². The van der Waals surface area contributed by atoms with Gasteiger partial charge < -0.3 is 9.47 Å². The van der Waals surface area contributed by atoms with Crippen molar-refractivity contribution in [3.8, 4) is 11.1 Å². The molecular formula is C51H38N2. The van der Waals surface area contributed by atoms with Crippen LogP contribution in [0.25, 0.3) is 76.0 Å². The zero-order valence-corrected chi connectivity index (χ0v) is 30.2. The minimum Gasteiger partial charge on any atom is -0.341 e. The van der Waals surface area contributed by atoms with Crippen molar-refractivity contribution in [2.75, 3.05) is 4.90 Å². The second kappa shape index (κ2) is 11.1. The van der Waals surface area contributed by atoms with Crippen molar-refractivity contribution in [3.63, 3.8) is 0 Å². The van der Waals surface area contributed by atoms with Gasteiger partial charge in [-0.25, -0.2) is 0 Å². The van der Waals surface area contributed by atoms with Gasteiger partial charge in [-0.1, -0.05) is 129 Å². The fourth-order valence-corrected chi connectivity index (χ4v) is 9.62. The second-order valence-electron chi connectivity index (χ2n) is 15.2. The van der Waals surface area contributed by atoms with Crippen LogP contribution in [0.2, 0.25) is 0 Å². The number of aromatic nitrogens is 1. The number of rotatable bonds is 4. The number of benzene rings is 9. The summed E-state index contributed by atoms with van der Waals surface area (Å²) in [6.45, 7) is 7.91. The summed E-state index contributed by atoms with van der Waals surface area (Å²) in [5.41, 5.74) is 11.4. The van der Waals surface area contributed by atoms with Crippen molar-refractivity contribution in [2.45, 2.75) is 32.7 Å². The molecule has 0 N–H and O–H groups in total. The normalized spacial score (nSPS) is 13.4. The van der Waals surface area contributed by atoms with Crippen molar-refractivity contribution in [3.05, 3.63) is 175 Å². The number of aryl methyl sites for hydroxylation is 1. The van der Waals surface area contributed by atoms with Gasteiger partial charge >= 0.3 is 0 Å². The number of hydrogen-bond acceptors (Lipinski definition) is 1. The molecule has 0 fully saturated rings. The Labute approximate surface area is 309 Å². The highest BCUT2D eigenvalue weighted by Gasteiger charge is 2.36. The van der Waals surface area contributed by atoms with Crippen molar-refractivity contribution in [1.29, 1.82) is 0 Å². The standard InChI is InChI=1S/C51H38N2/c1-4-52-48-22-12-10-20-41(48)45-30-43-38-26-24-33(28-42(38)36-17-7-8-18-37(36)44(43)31-50(45)52)53(49-23-13-15-32-14-5-6-16-35(32)49)34-25-27-40-39-19-9-11-21-46(39)51(2,3)47(40)29-34/h5-31H,4H2,1-3H3. The van der Waals surface area contributed by atoms with Gasteiger partial charge in [0.1, 0.15) is 0 Å². The van der Waals surface area contributed by atoms with E-state index < -0.39 is 0 Å². The summed E-state index contributed by atoms with van der Waals surface area (Å²) < 4.78 is 2.46. The smallest absolute Gasteiger partial charge is 0.0540 e. The fourth-order valence-electron chi connectivity index (χ4n) is 9.62. The molecule has 0 atom stereocenters. The van der Waals surface area contributed by atoms with Crippen molar-refractivity contribution in [1.82, 2.24) is 4.57 Å². The molecule has 0 unspecified atom stereocenters. The van der Waals surface area contributed by atoms with Crippen LogP contribution in [0.3, 0.4) is 0 Å². The molecule has 2 heteroatoms. The summed E-state index contributed by atoms with van der Waals surface area (Å²) in [7, 11) is 0. The molecule has 10 aromatic rings. The first-order chi connectivity index (χ1) is 26.0. The van der Waals surface area contributed by atoms with Crippen molar-refractivity contribution in [2.24, 2.45) is 0 Å². The largest absolute Gasteiger partial charge is 0.341 e. The molecule has 53 heavy (non-hydrogen) atoms. The first-order valence-electron chi connectivity index (χ1n) is 18.8. The van der Waals surface area contributed by atoms with E-state index in [2.05, 4.69) is 194 Å². The first-order valence-corrected chi connectivity index (χ1v) is 18.8. The number of hydrogen-bond donors (Lipinski definition) is 0. The van der Waals surface area contributed by atoms with E-state index in [1.54, 1.807) is 0 Å². The monoisotopic (exact) mass is 678 g/mol. The fraction of sp³-hybridized carbons (Fsp3) is 0.0980. The molecule has 252 valence electrons. The van der Waals surface area contributed by atoms with Crippen LogP contribution in [-0.4, -0.2) is 4.57 Å². The molecule has 1 aromatic heterocycles. The van der Waals surface area contributed by atoms with E-state index in [1.807, 2.05) is 0 Å². The molecule has 1 aliphatic carbocycles. The average molecular weight is 679 g/mol. The zero-order valence-electron chi connectivity index (χ0n) is 30.2. The van der Waals surface area contributed by atoms with Crippen LogP contribution in [0.4, 0.5) is 17.1 Å². The Bertz CT molecular complexity index is 3140. The summed E-state index contributed by atoms with van der Waals surface area (Å²) in [6, 6.07) is 61.3. The number of anilines is 3. The molecule has 0 saturated heterocycles. The molecule has 0 aliphatic heterocycles. The van der Waals surface area contributed by atoms with E-state index in [-0.39, 0.29) is 5.41 Å². The van der Waals surface area contributed by atoms with Gasteiger partial charge in [-0.2, -0.15) is 0 Å². The first kappa shape index (κ1) is 30.3. The van der Waals surface area contributed by atoms with E-state index in [0.29, 0.717) is 0 Å². The van der Waals surface area contributed by atoms with Crippen LogP contribution in [-0.2, 0) is 12.0 Å². The lowest BCUT2D eigenvalue weighted by Crippen LogP contribution is -2.16. The zero-order chi connectivity index (χ0) is 35.4. The van der Waals surface area contributed by atoms with Gasteiger partial charge in [-0.05, 0) is 115 Å². The molecule has 1 heterocycles. The van der Waals surface area contributed by atoms with Crippen LogP contribution in [0.1, 0.15) is 31.9 Å². The summed E-state index contributed by atoms with van der Waals surface area (Å²) in [4.78, 5) is 2.48. The third-order valence-electron chi connectivity index (χ3n) is 12.1. The van der Waals surface area contributed by atoms with E-state index in [1.165, 1.54) is 98.5 Å². The number of para-hydroxylation sites is 1. The quantitative estimate of drug-likeness (QED) is 0.168. The second-order valence-corrected chi connectivity index (χ2v) is 15.2. The molecule has 0 saturated carbocycles. The Morgan fingerprint density at radius 2 is 1.04 bits per heavy atom. The van der Waals surface area contributed by atoms with Gasteiger partial charge in [0.05, 0.1) is 5.69 Å². The van der Waals surface area contributed by atoms with E-state index >= 15 is 0 Å². The summed E-state index contributed by atoms with van der Waals surface area (Å²) in [5.74, 6) is 0. The van der Waals surface area contributed by atoms with Gasteiger partial charge in [0, 0.05) is 50.5 Å². The summed E-state index contributed by atoms with van der Waals surface area (Å²) >= 11 is 0. The molecular weight excluding hydrogens is 641 g/mol. The Kier molecular flexibility index (Phi) is 6.32. The lowest BCUT2D eigenvalue weighted by molar-refractivity contribution is 0.660. The number of nitrogens with zero attached hydrogens (tertiary/aromatic N) is 2. The highest BCUT2D eigenvalue weighted by atomic mass is 15.1. The molecule has 1 aliphatic rings. The van der Waals surface area contributed by atoms with Crippen LogP contribution in [0, 0.1) is 0 Å². The van der Waals surface area contributed by atoms with Crippen LogP contribution in [0.5, 0.6) is 0 Å². The number of fused-ring (bicyclic) bond motifs is 13. The molecule has 0 spiro atoms. The van der Waals surface area contributed by atoms with Crippen LogP contribution >= 0.6 is 0 Å². The van der Waals surface area contributed by atoms with Crippen LogP contribution in [0.15, 0.2) is 164 Å².